The number of amides is 1. The largest absolute Gasteiger partial charge is 0.493 e. The van der Waals surface area contributed by atoms with Crippen LogP contribution in [0.1, 0.15) is 24.5 Å². The van der Waals surface area contributed by atoms with Crippen LogP contribution in [0.15, 0.2) is 30.4 Å². The van der Waals surface area contributed by atoms with Crippen LogP contribution in [0.2, 0.25) is 0 Å². The molecule has 1 aromatic rings. The van der Waals surface area contributed by atoms with Crippen LogP contribution in [0.5, 0.6) is 5.75 Å². The molecule has 0 aliphatic heterocycles. The first kappa shape index (κ1) is 14.3. The molecule has 0 saturated heterocycles. The summed E-state index contributed by atoms with van der Waals surface area (Å²) in [4.78, 5) is 11.4. The Morgan fingerprint density at radius 3 is 2.72 bits per heavy atom. The molecule has 1 N–H and O–H groups in total. The van der Waals surface area contributed by atoms with Crippen molar-refractivity contribution in [2.24, 2.45) is 0 Å². The zero-order chi connectivity index (χ0) is 13.5. The molecule has 0 aromatic heterocycles. The van der Waals surface area contributed by atoms with Gasteiger partial charge in [-0.3, -0.25) is 4.79 Å². The Bertz CT molecular complexity index is 438. The van der Waals surface area contributed by atoms with Gasteiger partial charge in [0.05, 0.1) is 13.0 Å². The van der Waals surface area contributed by atoms with E-state index in [2.05, 4.69) is 18.0 Å². The minimum atomic E-state index is -0.0113. The van der Waals surface area contributed by atoms with Crippen LogP contribution in [-0.2, 0) is 4.79 Å². The molecule has 0 spiro atoms. The first-order valence-electron chi connectivity index (χ1n) is 6.10. The van der Waals surface area contributed by atoms with Crippen LogP contribution in [0, 0.1) is 13.8 Å². The summed E-state index contributed by atoms with van der Waals surface area (Å²) in [5.74, 6) is 0.830. The maximum absolute atomic E-state index is 11.4. The molecule has 1 aromatic carbocycles. The van der Waals surface area contributed by atoms with E-state index in [1.165, 1.54) is 5.56 Å². The van der Waals surface area contributed by atoms with Crippen molar-refractivity contribution in [1.29, 1.82) is 0 Å². The molecule has 1 amide bonds. The van der Waals surface area contributed by atoms with Crippen molar-refractivity contribution in [2.45, 2.75) is 27.2 Å². The van der Waals surface area contributed by atoms with Gasteiger partial charge in [-0.05, 0) is 32.4 Å². The summed E-state index contributed by atoms with van der Waals surface area (Å²) in [6, 6.07) is 6.01. The topological polar surface area (TPSA) is 38.3 Å². The van der Waals surface area contributed by atoms with Gasteiger partial charge in [-0.15, -0.1) is 0 Å². The van der Waals surface area contributed by atoms with E-state index in [0.29, 0.717) is 19.6 Å². The minimum Gasteiger partial charge on any atom is -0.493 e. The minimum absolute atomic E-state index is 0.0113. The smallest absolute Gasteiger partial charge is 0.223 e. The Labute approximate surface area is 109 Å². The lowest BCUT2D eigenvalue weighted by Gasteiger charge is -2.10. The second-order valence-corrected chi connectivity index (χ2v) is 4.60. The zero-order valence-corrected chi connectivity index (χ0v) is 11.4. The van der Waals surface area contributed by atoms with Crippen LogP contribution in [0.4, 0.5) is 0 Å². The molecule has 0 saturated carbocycles. The Kier molecular flexibility index (Phi) is 5.43. The second-order valence-electron chi connectivity index (χ2n) is 4.60. The molecular weight excluding hydrogens is 226 g/mol. The SMILES string of the molecule is C=C(C)CNC(=O)CCOc1ccc(C)cc1C. The maximum Gasteiger partial charge on any atom is 0.223 e. The van der Waals surface area contributed by atoms with Crippen LogP contribution in [0.25, 0.3) is 0 Å². The molecule has 0 bridgehead atoms. The number of aryl methyl sites for hydroxylation is 2. The normalized spacial score (nSPS) is 9.94. The van der Waals surface area contributed by atoms with Crippen LogP contribution < -0.4 is 10.1 Å². The highest BCUT2D eigenvalue weighted by molar-refractivity contribution is 5.76. The van der Waals surface area contributed by atoms with Crippen molar-refractivity contribution in [3.63, 3.8) is 0 Å². The fourth-order valence-corrected chi connectivity index (χ4v) is 1.55. The number of benzene rings is 1. The molecule has 3 nitrogen and oxygen atoms in total. The van der Waals surface area contributed by atoms with Gasteiger partial charge < -0.3 is 10.1 Å². The van der Waals surface area contributed by atoms with Gasteiger partial charge in [0.2, 0.25) is 5.91 Å². The highest BCUT2D eigenvalue weighted by Gasteiger charge is 2.03. The average molecular weight is 247 g/mol. The first-order chi connectivity index (χ1) is 8.49. The van der Waals surface area contributed by atoms with Crippen LogP contribution in [-0.4, -0.2) is 19.1 Å². The maximum atomic E-state index is 11.4. The number of ether oxygens (including phenoxy) is 1. The van der Waals surface area contributed by atoms with Gasteiger partial charge in [0, 0.05) is 6.54 Å². The molecule has 0 atom stereocenters. The summed E-state index contributed by atoms with van der Waals surface area (Å²) in [5, 5.41) is 2.77. The molecule has 0 heterocycles. The highest BCUT2D eigenvalue weighted by Crippen LogP contribution is 2.18. The number of carbonyl (C=O) groups is 1. The van der Waals surface area contributed by atoms with Gasteiger partial charge >= 0.3 is 0 Å². The molecule has 0 aliphatic carbocycles. The monoisotopic (exact) mass is 247 g/mol. The van der Waals surface area contributed by atoms with Crippen LogP contribution in [0.3, 0.4) is 0 Å². The average Bonchev–Trinajstić information content (AvgIpc) is 2.29. The Balaban J connectivity index is 2.33. The molecule has 0 aliphatic rings. The number of hydrogen-bond acceptors (Lipinski definition) is 2. The van der Waals surface area contributed by atoms with Crippen molar-refractivity contribution in [3.8, 4) is 5.75 Å². The Hall–Kier alpha value is -1.77. The third-order valence-corrected chi connectivity index (χ3v) is 2.50. The third-order valence-electron chi connectivity index (χ3n) is 2.50. The molecule has 3 heteroatoms. The van der Waals surface area contributed by atoms with Crippen molar-refractivity contribution in [1.82, 2.24) is 5.32 Å². The standard InChI is InChI=1S/C15H21NO2/c1-11(2)10-16-15(17)7-8-18-14-6-5-12(3)9-13(14)4/h5-6,9H,1,7-8,10H2,2-4H3,(H,16,17). The second kappa shape index (κ2) is 6.84. The number of carbonyl (C=O) groups excluding carboxylic acids is 1. The Morgan fingerprint density at radius 2 is 2.11 bits per heavy atom. The molecule has 0 fully saturated rings. The molecular formula is C15H21NO2. The summed E-state index contributed by atoms with van der Waals surface area (Å²) in [7, 11) is 0. The molecule has 1 rings (SSSR count). The Morgan fingerprint density at radius 1 is 1.39 bits per heavy atom. The predicted molar refractivity (Wildman–Crippen MR) is 73.9 cm³/mol. The van der Waals surface area contributed by atoms with E-state index in [9.17, 15) is 4.79 Å². The van der Waals surface area contributed by atoms with Gasteiger partial charge in [-0.25, -0.2) is 0 Å². The molecule has 0 unspecified atom stereocenters. The first-order valence-corrected chi connectivity index (χ1v) is 6.10. The van der Waals surface area contributed by atoms with E-state index in [1.807, 2.05) is 32.9 Å². The summed E-state index contributed by atoms with van der Waals surface area (Å²) in [6.45, 7) is 10.6. The zero-order valence-electron chi connectivity index (χ0n) is 11.4. The molecule has 0 radical (unpaired) electrons. The van der Waals surface area contributed by atoms with E-state index in [1.54, 1.807) is 0 Å². The van der Waals surface area contributed by atoms with E-state index in [4.69, 9.17) is 4.74 Å². The number of rotatable bonds is 6. The third kappa shape index (κ3) is 5.04. The van der Waals surface area contributed by atoms with Crippen molar-refractivity contribution >= 4 is 5.91 Å². The summed E-state index contributed by atoms with van der Waals surface area (Å²) in [6.07, 6.45) is 0.362. The van der Waals surface area contributed by atoms with Gasteiger partial charge in [0.25, 0.3) is 0 Å². The van der Waals surface area contributed by atoms with E-state index in [0.717, 1.165) is 16.9 Å². The van der Waals surface area contributed by atoms with Crippen molar-refractivity contribution in [3.05, 3.63) is 41.5 Å². The lowest BCUT2D eigenvalue weighted by Crippen LogP contribution is -2.26. The fourth-order valence-electron chi connectivity index (χ4n) is 1.55. The van der Waals surface area contributed by atoms with Crippen molar-refractivity contribution < 1.29 is 9.53 Å². The van der Waals surface area contributed by atoms with E-state index >= 15 is 0 Å². The van der Waals surface area contributed by atoms with Gasteiger partial charge in [-0.2, -0.15) is 0 Å². The predicted octanol–water partition coefficient (Wildman–Crippen LogP) is 2.76. The van der Waals surface area contributed by atoms with Gasteiger partial charge in [-0.1, -0.05) is 29.8 Å². The number of nitrogens with one attached hydrogen (secondary N) is 1. The molecule has 18 heavy (non-hydrogen) atoms. The summed E-state index contributed by atoms with van der Waals surface area (Å²) in [5.41, 5.74) is 3.25. The summed E-state index contributed by atoms with van der Waals surface area (Å²) >= 11 is 0. The van der Waals surface area contributed by atoms with Gasteiger partial charge in [0.1, 0.15) is 5.75 Å². The lowest BCUT2D eigenvalue weighted by molar-refractivity contribution is -0.121. The van der Waals surface area contributed by atoms with Gasteiger partial charge in [0.15, 0.2) is 0 Å². The van der Waals surface area contributed by atoms with Crippen LogP contribution >= 0.6 is 0 Å². The van der Waals surface area contributed by atoms with Crippen molar-refractivity contribution in [2.75, 3.05) is 13.2 Å². The summed E-state index contributed by atoms with van der Waals surface area (Å²) < 4.78 is 5.59. The quantitative estimate of drug-likeness (QED) is 0.785. The van der Waals surface area contributed by atoms with E-state index in [-0.39, 0.29) is 5.91 Å². The molecule has 98 valence electrons. The highest BCUT2D eigenvalue weighted by atomic mass is 16.5. The fraction of sp³-hybridized carbons (Fsp3) is 0.400. The lowest BCUT2D eigenvalue weighted by atomic mass is 10.1. The number of hydrogen-bond donors (Lipinski definition) is 1. The van der Waals surface area contributed by atoms with E-state index < -0.39 is 0 Å².